The highest BCUT2D eigenvalue weighted by molar-refractivity contribution is 9.10. The standard InChI is InChI=1S/C17H18BrNO/c1-4-13-7-5-6-8-15(13)17(20)19-14-9-11(2)16(18)12(3)10-14/h5-10H,4H2,1-3H3,(H,19,20). The minimum absolute atomic E-state index is 0.0522. The Bertz CT molecular complexity index is 626. The molecule has 0 saturated heterocycles. The third kappa shape index (κ3) is 3.10. The fraction of sp³-hybridized carbons (Fsp3) is 0.235. The molecule has 0 radical (unpaired) electrons. The average Bonchev–Trinajstić information content (AvgIpc) is 2.44. The lowest BCUT2D eigenvalue weighted by atomic mass is 10.0. The number of carbonyl (C=O) groups is 1. The first-order chi connectivity index (χ1) is 9.52. The van der Waals surface area contributed by atoms with Gasteiger partial charge in [-0.1, -0.05) is 41.1 Å². The summed E-state index contributed by atoms with van der Waals surface area (Å²) in [5.74, 6) is -0.0522. The Morgan fingerprint density at radius 1 is 1.15 bits per heavy atom. The van der Waals surface area contributed by atoms with E-state index in [4.69, 9.17) is 0 Å². The van der Waals surface area contributed by atoms with E-state index < -0.39 is 0 Å². The van der Waals surface area contributed by atoms with Crippen molar-refractivity contribution in [2.75, 3.05) is 5.32 Å². The van der Waals surface area contributed by atoms with Crippen LogP contribution < -0.4 is 5.32 Å². The van der Waals surface area contributed by atoms with E-state index in [1.54, 1.807) is 0 Å². The second kappa shape index (κ2) is 6.23. The minimum atomic E-state index is -0.0522. The van der Waals surface area contributed by atoms with E-state index in [1.165, 1.54) is 0 Å². The molecule has 1 amide bonds. The van der Waals surface area contributed by atoms with Gasteiger partial charge < -0.3 is 5.32 Å². The smallest absolute Gasteiger partial charge is 0.255 e. The van der Waals surface area contributed by atoms with Gasteiger partial charge >= 0.3 is 0 Å². The quantitative estimate of drug-likeness (QED) is 0.853. The van der Waals surface area contributed by atoms with Crippen molar-refractivity contribution in [1.29, 1.82) is 0 Å². The highest BCUT2D eigenvalue weighted by Crippen LogP contribution is 2.25. The molecule has 2 nitrogen and oxygen atoms in total. The highest BCUT2D eigenvalue weighted by atomic mass is 79.9. The normalized spacial score (nSPS) is 10.4. The van der Waals surface area contributed by atoms with Gasteiger partial charge in [-0.15, -0.1) is 0 Å². The van der Waals surface area contributed by atoms with Gasteiger partial charge in [0.2, 0.25) is 0 Å². The highest BCUT2D eigenvalue weighted by Gasteiger charge is 2.11. The number of aryl methyl sites for hydroxylation is 3. The maximum Gasteiger partial charge on any atom is 0.255 e. The summed E-state index contributed by atoms with van der Waals surface area (Å²) in [5, 5.41) is 2.98. The number of hydrogen-bond acceptors (Lipinski definition) is 1. The van der Waals surface area contributed by atoms with Crippen LogP contribution in [0.4, 0.5) is 5.69 Å². The van der Waals surface area contributed by atoms with Crippen LogP contribution in [0.1, 0.15) is 34.0 Å². The van der Waals surface area contributed by atoms with E-state index in [-0.39, 0.29) is 5.91 Å². The Balaban J connectivity index is 2.28. The van der Waals surface area contributed by atoms with Crippen molar-refractivity contribution in [2.24, 2.45) is 0 Å². The zero-order valence-electron chi connectivity index (χ0n) is 12.0. The van der Waals surface area contributed by atoms with Gasteiger partial charge in [0, 0.05) is 15.7 Å². The van der Waals surface area contributed by atoms with Crippen LogP contribution in [-0.2, 0) is 6.42 Å². The van der Waals surface area contributed by atoms with Crippen LogP contribution in [0.5, 0.6) is 0 Å². The molecule has 0 aliphatic carbocycles. The van der Waals surface area contributed by atoms with Gasteiger partial charge in [-0.05, 0) is 55.2 Å². The van der Waals surface area contributed by atoms with Crippen molar-refractivity contribution in [2.45, 2.75) is 27.2 Å². The van der Waals surface area contributed by atoms with Gasteiger partial charge in [0.05, 0.1) is 0 Å². The number of carbonyl (C=O) groups excluding carboxylic acids is 1. The first-order valence-corrected chi connectivity index (χ1v) is 7.48. The molecule has 0 atom stereocenters. The number of halogens is 1. The first-order valence-electron chi connectivity index (χ1n) is 6.69. The molecule has 3 heteroatoms. The number of rotatable bonds is 3. The van der Waals surface area contributed by atoms with Crippen molar-refractivity contribution in [3.05, 3.63) is 63.1 Å². The third-order valence-corrected chi connectivity index (χ3v) is 4.59. The van der Waals surface area contributed by atoms with Crippen molar-refractivity contribution in [3.8, 4) is 0 Å². The van der Waals surface area contributed by atoms with E-state index in [9.17, 15) is 4.79 Å². The zero-order chi connectivity index (χ0) is 14.7. The van der Waals surface area contributed by atoms with Crippen molar-refractivity contribution in [3.63, 3.8) is 0 Å². The van der Waals surface area contributed by atoms with Crippen LogP contribution in [0.25, 0.3) is 0 Å². The lowest BCUT2D eigenvalue weighted by molar-refractivity contribution is 0.102. The molecule has 2 rings (SSSR count). The third-order valence-electron chi connectivity index (χ3n) is 3.34. The molecule has 104 valence electrons. The molecule has 2 aromatic rings. The molecule has 1 N–H and O–H groups in total. The van der Waals surface area contributed by atoms with Gasteiger partial charge in [-0.2, -0.15) is 0 Å². The van der Waals surface area contributed by atoms with E-state index in [0.29, 0.717) is 0 Å². The van der Waals surface area contributed by atoms with E-state index in [2.05, 4.69) is 28.2 Å². The predicted molar refractivity (Wildman–Crippen MR) is 87.4 cm³/mol. The largest absolute Gasteiger partial charge is 0.322 e. The van der Waals surface area contributed by atoms with E-state index >= 15 is 0 Å². The SMILES string of the molecule is CCc1ccccc1C(=O)Nc1cc(C)c(Br)c(C)c1. The summed E-state index contributed by atoms with van der Waals surface area (Å²) in [7, 11) is 0. The number of nitrogens with one attached hydrogen (secondary N) is 1. The van der Waals surface area contributed by atoms with Crippen molar-refractivity contribution >= 4 is 27.5 Å². The summed E-state index contributed by atoms with van der Waals surface area (Å²) in [4.78, 5) is 12.4. The molecule has 0 unspecified atom stereocenters. The summed E-state index contributed by atoms with van der Waals surface area (Å²) < 4.78 is 1.09. The van der Waals surface area contributed by atoms with Crippen molar-refractivity contribution < 1.29 is 4.79 Å². The summed E-state index contributed by atoms with van der Waals surface area (Å²) in [6, 6.07) is 11.7. The van der Waals surface area contributed by atoms with Crippen molar-refractivity contribution in [1.82, 2.24) is 0 Å². The van der Waals surface area contributed by atoms with Gasteiger partial charge in [0.25, 0.3) is 5.91 Å². The molecule has 0 aliphatic heterocycles. The fourth-order valence-electron chi connectivity index (χ4n) is 2.27. The van der Waals surface area contributed by atoms with Crippen LogP contribution in [0.3, 0.4) is 0 Å². The summed E-state index contributed by atoms with van der Waals surface area (Å²) in [6.45, 7) is 6.10. The Morgan fingerprint density at radius 2 is 1.75 bits per heavy atom. The lowest BCUT2D eigenvalue weighted by Crippen LogP contribution is -2.14. The topological polar surface area (TPSA) is 29.1 Å². The van der Waals surface area contributed by atoms with Gasteiger partial charge in [-0.3, -0.25) is 4.79 Å². The molecule has 20 heavy (non-hydrogen) atoms. The molecule has 0 aromatic heterocycles. The fourth-order valence-corrected chi connectivity index (χ4v) is 2.50. The molecule has 0 fully saturated rings. The zero-order valence-corrected chi connectivity index (χ0v) is 13.5. The summed E-state index contributed by atoms with van der Waals surface area (Å²) in [6.07, 6.45) is 0.849. The summed E-state index contributed by atoms with van der Waals surface area (Å²) >= 11 is 3.53. The Hall–Kier alpha value is -1.61. The van der Waals surface area contributed by atoms with Crippen LogP contribution >= 0.6 is 15.9 Å². The van der Waals surface area contributed by atoms with Gasteiger partial charge in [-0.25, -0.2) is 0 Å². The molecule has 0 bridgehead atoms. The Kier molecular flexibility index (Phi) is 4.61. The molecule has 0 heterocycles. The van der Waals surface area contributed by atoms with Crippen LogP contribution in [0.15, 0.2) is 40.9 Å². The monoisotopic (exact) mass is 331 g/mol. The second-order valence-electron chi connectivity index (χ2n) is 4.89. The van der Waals surface area contributed by atoms with E-state index in [1.807, 2.05) is 50.2 Å². The lowest BCUT2D eigenvalue weighted by Gasteiger charge is -2.11. The molecule has 0 saturated carbocycles. The number of benzene rings is 2. The Morgan fingerprint density at radius 3 is 2.35 bits per heavy atom. The minimum Gasteiger partial charge on any atom is -0.322 e. The van der Waals surface area contributed by atoms with Crippen LogP contribution in [0, 0.1) is 13.8 Å². The molecular formula is C17H18BrNO. The molecule has 2 aromatic carbocycles. The number of hydrogen-bond donors (Lipinski definition) is 1. The van der Waals surface area contributed by atoms with Crippen LogP contribution in [-0.4, -0.2) is 5.91 Å². The predicted octanol–water partition coefficient (Wildman–Crippen LogP) is 4.88. The molecule has 0 aliphatic rings. The Labute approximate surface area is 128 Å². The number of anilines is 1. The maximum absolute atomic E-state index is 12.4. The van der Waals surface area contributed by atoms with Gasteiger partial charge in [0.15, 0.2) is 0 Å². The first kappa shape index (κ1) is 14.8. The summed E-state index contributed by atoms with van der Waals surface area (Å²) in [5.41, 5.74) is 4.87. The maximum atomic E-state index is 12.4. The average molecular weight is 332 g/mol. The number of amides is 1. The van der Waals surface area contributed by atoms with E-state index in [0.717, 1.165) is 38.8 Å². The van der Waals surface area contributed by atoms with Crippen LogP contribution in [0.2, 0.25) is 0 Å². The molecular weight excluding hydrogens is 314 g/mol. The molecule has 0 spiro atoms. The second-order valence-corrected chi connectivity index (χ2v) is 5.68. The van der Waals surface area contributed by atoms with Gasteiger partial charge in [0.1, 0.15) is 0 Å².